The topological polar surface area (TPSA) is 56.2 Å². The molecule has 2 fully saturated rings. The molecule has 1 heterocycles. The molecule has 1 aliphatic heterocycles. The number of hydrogen-bond acceptors (Lipinski definition) is 2. The maximum atomic E-state index is 13.5. The van der Waals surface area contributed by atoms with Crippen molar-refractivity contribution in [3.63, 3.8) is 0 Å². The van der Waals surface area contributed by atoms with Gasteiger partial charge < -0.3 is 5.32 Å². The standard InChI is InChI=1S/C24H35N3O/c1-3-5-16-24(17-20-10-7-6-8-11-20)22(28)27(23(25)26-24)18-21-14-12-19(9-4-2)13-15-21/h4,12-15,20H,2-3,5-11,16-18H2,1H3,(H2,25,26). The molecule has 1 unspecified atom stereocenters. The van der Waals surface area contributed by atoms with Gasteiger partial charge in [-0.3, -0.25) is 15.1 Å². The molecule has 4 nitrogen and oxygen atoms in total. The second-order valence-electron chi connectivity index (χ2n) is 8.57. The number of carbonyl (C=O) groups is 1. The largest absolute Gasteiger partial charge is 0.342 e. The smallest absolute Gasteiger partial charge is 0.255 e. The Hall–Kier alpha value is -2.10. The minimum atomic E-state index is -0.572. The normalized spacial score (nSPS) is 23.1. The molecule has 0 bridgehead atoms. The maximum Gasteiger partial charge on any atom is 0.255 e. The van der Waals surface area contributed by atoms with Crippen LogP contribution in [0.4, 0.5) is 0 Å². The van der Waals surface area contributed by atoms with Crippen LogP contribution in [0.3, 0.4) is 0 Å². The summed E-state index contributed by atoms with van der Waals surface area (Å²) in [7, 11) is 0. The van der Waals surface area contributed by atoms with Crippen molar-refractivity contribution in [2.75, 3.05) is 0 Å². The van der Waals surface area contributed by atoms with Crippen LogP contribution in [0.2, 0.25) is 0 Å². The van der Waals surface area contributed by atoms with E-state index in [0.717, 1.165) is 37.7 Å². The van der Waals surface area contributed by atoms with Gasteiger partial charge in [0.05, 0.1) is 6.54 Å². The first-order valence-corrected chi connectivity index (χ1v) is 11.0. The van der Waals surface area contributed by atoms with Gasteiger partial charge in [-0.2, -0.15) is 0 Å². The van der Waals surface area contributed by atoms with Gasteiger partial charge in [0.2, 0.25) is 0 Å². The highest BCUT2D eigenvalue weighted by molar-refractivity contribution is 6.07. The van der Waals surface area contributed by atoms with Crippen molar-refractivity contribution < 1.29 is 4.79 Å². The third kappa shape index (κ3) is 4.65. The summed E-state index contributed by atoms with van der Waals surface area (Å²) in [5.41, 5.74) is 1.71. The molecule has 2 N–H and O–H groups in total. The number of rotatable bonds is 9. The van der Waals surface area contributed by atoms with Gasteiger partial charge in [-0.1, -0.05) is 82.2 Å². The summed E-state index contributed by atoms with van der Waals surface area (Å²) in [4.78, 5) is 15.2. The molecule has 152 valence electrons. The Morgan fingerprint density at radius 3 is 2.54 bits per heavy atom. The highest BCUT2D eigenvalue weighted by Crippen LogP contribution is 2.36. The highest BCUT2D eigenvalue weighted by Gasteiger charge is 2.49. The fourth-order valence-electron chi connectivity index (χ4n) is 4.76. The van der Waals surface area contributed by atoms with Crippen LogP contribution in [0.1, 0.15) is 75.8 Å². The Morgan fingerprint density at radius 1 is 1.21 bits per heavy atom. The molecule has 1 aromatic rings. The Kier molecular flexibility index (Phi) is 6.93. The zero-order valence-electron chi connectivity index (χ0n) is 17.3. The van der Waals surface area contributed by atoms with Crippen molar-refractivity contribution in [1.29, 1.82) is 5.41 Å². The van der Waals surface area contributed by atoms with Crippen molar-refractivity contribution in [3.8, 4) is 0 Å². The molecule has 1 amide bonds. The van der Waals surface area contributed by atoms with E-state index in [0.29, 0.717) is 12.5 Å². The highest BCUT2D eigenvalue weighted by atomic mass is 16.2. The maximum absolute atomic E-state index is 13.5. The molecule has 2 aliphatic rings. The fraction of sp³-hybridized carbons (Fsp3) is 0.583. The molecule has 1 saturated carbocycles. The summed E-state index contributed by atoms with van der Waals surface area (Å²) in [5, 5.41) is 11.8. The van der Waals surface area contributed by atoms with E-state index >= 15 is 0 Å². The van der Waals surface area contributed by atoms with E-state index in [4.69, 9.17) is 5.41 Å². The van der Waals surface area contributed by atoms with E-state index in [1.807, 2.05) is 6.08 Å². The lowest BCUT2D eigenvalue weighted by Crippen LogP contribution is -2.48. The summed E-state index contributed by atoms with van der Waals surface area (Å²) >= 11 is 0. The van der Waals surface area contributed by atoms with Gasteiger partial charge in [-0.05, 0) is 36.3 Å². The van der Waals surface area contributed by atoms with Crippen molar-refractivity contribution >= 4 is 11.9 Å². The van der Waals surface area contributed by atoms with Gasteiger partial charge in [-0.15, -0.1) is 6.58 Å². The molecule has 0 spiro atoms. The van der Waals surface area contributed by atoms with Crippen molar-refractivity contribution in [2.45, 2.75) is 83.2 Å². The fourth-order valence-corrected chi connectivity index (χ4v) is 4.76. The van der Waals surface area contributed by atoms with E-state index < -0.39 is 5.54 Å². The zero-order valence-corrected chi connectivity index (χ0v) is 17.3. The van der Waals surface area contributed by atoms with Crippen LogP contribution >= 0.6 is 0 Å². The lowest BCUT2D eigenvalue weighted by molar-refractivity contribution is -0.132. The summed E-state index contributed by atoms with van der Waals surface area (Å²) in [6.07, 6.45) is 12.9. The SMILES string of the molecule is C=CCc1ccc(CN2C(=N)NC(CCCC)(CC3CCCCC3)C2=O)cc1. The third-order valence-corrected chi connectivity index (χ3v) is 6.34. The number of nitrogens with one attached hydrogen (secondary N) is 2. The lowest BCUT2D eigenvalue weighted by Gasteiger charge is -2.33. The van der Waals surface area contributed by atoms with Gasteiger partial charge in [-0.25, -0.2) is 0 Å². The Balaban J connectivity index is 1.74. The van der Waals surface area contributed by atoms with Crippen LogP contribution < -0.4 is 5.32 Å². The van der Waals surface area contributed by atoms with Crippen LogP contribution in [-0.4, -0.2) is 22.3 Å². The van der Waals surface area contributed by atoms with Gasteiger partial charge in [0, 0.05) is 0 Å². The van der Waals surface area contributed by atoms with Crippen LogP contribution in [0, 0.1) is 11.3 Å². The zero-order chi connectivity index (χ0) is 20.0. The molecule has 0 radical (unpaired) electrons. The molecule has 0 aromatic heterocycles. The van der Waals surface area contributed by atoms with Crippen LogP contribution in [0.15, 0.2) is 36.9 Å². The molecular weight excluding hydrogens is 346 g/mol. The van der Waals surface area contributed by atoms with Gasteiger partial charge in [0.1, 0.15) is 5.54 Å². The van der Waals surface area contributed by atoms with E-state index in [9.17, 15) is 4.79 Å². The molecule has 1 aliphatic carbocycles. The number of hydrogen-bond donors (Lipinski definition) is 2. The summed E-state index contributed by atoms with van der Waals surface area (Å²) < 4.78 is 0. The molecule has 1 atom stereocenters. The first kappa shape index (κ1) is 20.6. The minimum absolute atomic E-state index is 0.103. The number of carbonyl (C=O) groups excluding carboxylic acids is 1. The average molecular weight is 382 g/mol. The molecule has 4 heteroatoms. The van der Waals surface area contributed by atoms with Crippen molar-refractivity contribution in [3.05, 3.63) is 48.0 Å². The predicted molar refractivity (Wildman–Crippen MR) is 115 cm³/mol. The average Bonchev–Trinajstić information content (AvgIpc) is 2.93. The monoisotopic (exact) mass is 381 g/mol. The van der Waals surface area contributed by atoms with Crippen LogP contribution in [0.5, 0.6) is 0 Å². The molecule has 1 saturated heterocycles. The number of unbranched alkanes of at least 4 members (excludes halogenated alkanes) is 1. The first-order valence-electron chi connectivity index (χ1n) is 11.0. The molecular formula is C24H35N3O. The van der Waals surface area contributed by atoms with Crippen LogP contribution in [0.25, 0.3) is 0 Å². The Morgan fingerprint density at radius 2 is 1.89 bits per heavy atom. The number of amides is 1. The number of benzene rings is 1. The molecule has 1 aromatic carbocycles. The number of guanidine groups is 1. The Labute approximate surface area is 169 Å². The van der Waals surface area contributed by atoms with E-state index in [1.165, 1.54) is 37.7 Å². The second kappa shape index (κ2) is 9.40. The number of allylic oxidation sites excluding steroid dienone is 1. The lowest BCUT2D eigenvalue weighted by atomic mass is 9.77. The van der Waals surface area contributed by atoms with E-state index in [-0.39, 0.29) is 11.9 Å². The second-order valence-corrected chi connectivity index (χ2v) is 8.57. The predicted octanol–water partition coefficient (Wildman–Crippen LogP) is 5.18. The number of nitrogens with zero attached hydrogens (tertiary/aromatic N) is 1. The van der Waals surface area contributed by atoms with E-state index in [1.54, 1.807) is 4.90 Å². The summed E-state index contributed by atoms with van der Waals surface area (Å²) in [6.45, 7) is 6.42. The van der Waals surface area contributed by atoms with Gasteiger partial charge in [0.25, 0.3) is 5.91 Å². The first-order chi connectivity index (χ1) is 13.6. The molecule has 28 heavy (non-hydrogen) atoms. The van der Waals surface area contributed by atoms with Crippen molar-refractivity contribution in [2.24, 2.45) is 5.92 Å². The third-order valence-electron chi connectivity index (χ3n) is 6.34. The van der Waals surface area contributed by atoms with Crippen molar-refractivity contribution in [1.82, 2.24) is 10.2 Å². The van der Waals surface area contributed by atoms with Crippen LogP contribution in [-0.2, 0) is 17.8 Å². The molecule has 3 rings (SSSR count). The van der Waals surface area contributed by atoms with E-state index in [2.05, 4.69) is 43.1 Å². The van der Waals surface area contributed by atoms with Gasteiger partial charge in [0.15, 0.2) is 5.96 Å². The van der Waals surface area contributed by atoms with Gasteiger partial charge >= 0.3 is 0 Å². The Bertz CT molecular complexity index is 690. The summed E-state index contributed by atoms with van der Waals surface area (Å²) in [5.74, 6) is 0.978. The summed E-state index contributed by atoms with van der Waals surface area (Å²) in [6, 6.07) is 8.29. The quantitative estimate of drug-likeness (QED) is 0.579. The minimum Gasteiger partial charge on any atom is -0.342 e.